The molecule has 0 atom stereocenters. The summed E-state index contributed by atoms with van der Waals surface area (Å²) in [5, 5.41) is 10.0. The average molecular weight is 304 g/mol. The molecule has 0 saturated heterocycles. The Bertz CT molecular complexity index is 459. The molecule has 1 N–H and O–H groups in total. The summed E-state index contributed by atoms with van der Waals surface area (Å²) < 4.78 is 6.72. The maximum atomic E-state index is 10.0. The van der Waals surface area contributed by atoms with E-state index in [9.17, 15) is 5.11 Å². The molecule has 1 aliphatic carbocycles. The second kappa shape index (κ2) is 7.50. The van der Waals surface area contributed by atoms with Gasteiger partial charge in [0.15, 0.2) is 0 Å². The topological polar surface area (TPSA) is 29.5 Å². The van der Waals surface area contributed by atoms with Crippen LogP contribution in [0.25, 0.3) is 0 Å². The van der Waals surface area contributed by atoms with Crippen molar-refractivity contribution in [3.8, 4) is 5.75 Å². The monoisotopic (exact) mass is 304 g/mol. The van der Waals surface area contributed by atoms with E-state index in [0.717, 1.165) is 12.0 Å². The lowest BCUT2D eigenvalue weighted by molar-refractivity contribution is -0.160. The molecule has 0 unspecified atom stereocenters. The second-order valence-electron chi connectivity index (χ2n) is 7.51. The lowest BCUT2D eigenvalue weighted by atomic mass is 9.80. The molecule has 0 aliphatic heterocycles. The van der Waals surface area contributed by atoms with Crippen molar-refractivity contribution in [2.24, 2.45) is 0 Å². The third-order valence-electron chi connectivity index (χ3n) is 4.85. The average Bonchev–Trinajstić information content (AvgIpc) is 2.48. The highest BCUT2D eigenvalue weighted by Gasteiger charge is 2.37. The highest BCUT2D eigenvalue weighted by molar-refractivity contribution is 5.32. The molecule has 2 rings (SSSR count). The Morgan fingerprint density at radius 3 is 2.45 bits per heavy atom. The smallest absolute Gasteiger partial charge is 0.118 e. The van der Waals surface area contributed by atoms with Crippen LogP contribution in [0, 0.1) is 0 Å². The van der Waals surface area contributed by atoms with E-state index in [-0.39, 0.29) is 11.2 Å². The Morgan fingerprint density at radius 1 is 1.14 bits per heavy atom. The molecule has 1 fully saturated rings. The highest BCUT2D eigenvalue weighted by atomic mass is 16.5. The first-order valence-corrected chi connectivity index (χ1v) is 8.93. The van der Waals surface area contributed by atoms with Crippen LogP contribution >= 0.6 is 0 Å². The molecule has 1 aliphatic rings. The molecule has 0 spiro atoms. The number of phenolic OH excluding ortho intramolecular Hbond substituents is 1. The van der Waals surface area contributed by atoms with Gasteiger partial charge in [-0.1, -0.05) is 57.2 Å². The number of aromatic hydroxyl groups is 1. The van der Waals surface area contributed by atoms with Crippen molar-refractivity contribution in [1.82, 2.24) is 0 Å². The van der Waals surface area contributed by atoms with E-state index < -0.39 is 0 Å². The minimum Gasteiger partial charge on any atom is -0.508 e. The minimum absolute atomic E-state index is 0.0577. The van der Waals surface area contributed by atoms with Crippen LogP contribution in [0.5, 0.6) is 5.75 Å². The first-order valence-electron chi connectivity index (χ1n) is 8.93. The van der Waals surface area contributed by atoms with Gasteiger partial charge >= 0.3 is 0 Å². The number of para-hydroxylation sites is 1. The van der Waals surface area contributed by atoms with Crippen LogP contribution in [0.15, 0.2) is 24.3 Å². The predicted octanol–water partition coefficient (Wildman–Crippen LogP) is 5.62. The van der Waals surface area contributed by atoms with Gasteiger partial charge in [-0.15, -0.1) is 0 Å². The van der Waals surface area contributed by atoms with E-state index >= 15 is 0 Å². The zero-order chi connectivity index (χ0) is 16.1. The van der Waals surface area contributed by atoms with Gasteiger partial charge in [-0.05, 0) is 44.7 Å². The summed E-state index contributed by atoms with van der Waals surface area (Å²) in [5.74, 6) is 0.380. The normalized spacial score (nSPS) is 18.3. The van der Waals surface area contributed by atoms with Gasteiger partial charge < -0.3 is 9.84 Å². The summed E-state index contributed by atoms with van der Waals surface area (Å²) >= 11 is 0. The van der Waals surface area contributed by atoms with Gasteiger partial charge in [0.05, 0.1) is 11.2 Å². The standard InChI is InChI=1S/C20H32O2/c1-4-5-13-20(14-9-6-10-15-20)22-19(2,3)16-17-11-7-8-12-18(17)21/h7-8,11-12,21H,4-6,9-10,13-16H2,1-3H3. The summed E-state index contributed by atoms with van der Waals surface area (Å²) in [5.41, 5.74) is 0.792. The second-order valence-corrected chi connectivity index (χ2v) is 7.51. The maximum Gasteiger partial charge on any atom is 0.118 e. The van der Waals surface area contributed by atoms with Crippen LogP contribution in [0.3, 0.4) is 0 Å². The van der Waals surface area contributed by atoms with Gasteiger partial charge in [0, 0.05) is 6.42 Å². The predicted molar refractivity (Wildman–Crippen MR) is 92.3 cm³/mol. The zero-order valence-corrected chi connectivity index (χ0v) is 14.5. The molecule has 1 aromatic carbocycles. The molecule has 1 aromatic rings. The fraction of sp³-hybridized carbons (Fsp3) is 0.700. The maximum absolute atomic E-state index is 10.0. The largest absolute Gasteiger partial charge is 0.508 e. The van der Waals surface area contributed by atoms with Crippen LogP contribution in [0.2, 0.25) is 0 Å². The fourth-order valence-electron chi connectivity index (χ4n) is 3.84. The van der Waals surface area contributed by atoms with E-state index in [1.807, 2.05) is 18.2 Å². The van der Waals surface area contributed by atoms with E-state index in [1.54, 1.807) is 6.07 Å². The van der Waals surface area contributed by atoms with E-state index in [0.29, 0.717) is 5.75 Å². The van der Waals surface area contributed by atoms with E-state index in [2.05, 4.69) is 20.8 Å². The lowest BCUT2D eigenvalue weighted by Gasteiger charge is -2.44. The molecule has 0 radical (unpaired) electrons. The first-order chi connectivity index (χ1) is 10.5. The molecular formula is C20H32O2. The third-order valence-corrected chi connectivity index (χ3v) is 4.85. The third kappa shape index (κ3) is 4.74. The van der Waals surface area contributed by atoms with E-state index in [1.165, 1.54) is 51.4 Å². The fourth-order valence-corrected chi connectivity index (χ4v) is 3.84. The van der Waals surface area contributed by atoms with Crippen molar-refractivity contribution in [2.75, 3.05) is 0 Å². The summed E-state index contributed by atoms with van der Waals surface area (Å²) in [6.45, 7) is 6.59. The highest BCUT2D eigenvalue weighted by Crippen LogP contribution is 2.40. The van der Waals surface area contributed by atoms with Crippen LogP contribution < -0.4 is 0 Å². The van der Waals surface area contributed by atoms with Gasteiger partial charge in [-0.25, -0.2) is 0 Å². The van der Waals surface area contributed by atoms with Crippen molar-refractivity contribution in [3.05, 3.63) is 29.8 Å². The van der Waals surface area contributed by atoms with Crippen LogP contribution in [0.1, 0.15) is 77.7 Å². The molecule has 0 bridgehead atoms. The van der Waals surface area contributed by atoms with Crippen molar-refractivity contribution in [3.63, 3.8) is 0 Å². The summed E-state index contributed by atoms with van der Waals surface area (Å²) in [6.07, 6.45) is 10.7. The Balaban J connectivity index is 2.08. The number of rotatable bonds is 7. The number of benzene rings is 1. The number of hydrogen-bond donors (Lipinski definition) is 1. The van der Waals surface area contributed by atoms with Gasteiger partial charge in [0.2, 0.25) is 0 Å². The zero-order valence-electron chi connectivity index (χ0n) is 14.5. The lowest BCUT2D eigenvalue weighted by Crippen LogP contribution is -2.44. The Morgan fingerprint density at radius 2 is 1.82 bits per heavy atom. The van der Waals surface area contributed by atoms with Crippen LogP contribution in [0.4, 0.5) is 0 Å². The van der Waals surface area contributed by atoms with Gasteiger partial charge in [0.25, 0.3) is 0 Å². The quantitative estimate of drug-likeness (QED) is 0.708. The summed E-state index contributed by atoms with van der Waals surface area (Å²) in [7, 11) is 0. The summed E-state index contributed by atoms with van der Waals surface area (Å²) in [4.78, 5) is 0. The minimum atomic E-state index is -0.246. The molecular weight excluding hydrogens is 272 g/mol. The molecule has 0 aromatic heterocycles. The van der Waals surface area contributed by atoms with Crippen LogP contribution in [-0.4, -0.2) is 16.3 Å². The number of phenols is 1. The number of unbranched alkanes of at least 4 members (excludes halogenated alkanes) is 1. The summed E-state index contributed by atoms with van der Waals surface area (Å²) in [6, 6.07) is 7.62. The molecule has 2 heteroatoms. The Hall–Kier alpha value is -1.02. The Labute approximate surface area is 135 Å². The van der Waals surface area contributed by atoms with Gasteiger partial charge in [-0.3, -0.25) is 0 Å². The van der Waals surface area contributed by atoms with E-state index in [4.69, 9.17) is 4.74 Å². The molecule has 124 valence electrons. The molecule has 2 nitrogen and oxygen atoms in total. The Kier molecular flexibility index (Phi) is 5.91. The van der Waals surface area contributed by atoms with Crippen molar-refractivity contribution in [2.45, 2.75) is 89.8 Å². The van der Waals surface area contributed by atoms with Crippen molar-refractivity contribution in [1.29, 1.82) is 0 Å². The molecule has 22 heavy (non-hydrogen) atoms. The SMILES string of the molecule is CCCCC1(OC(C)(C)Cc2ccccc2O)CCCCC1. The number of hydrogen-bond acceptors (Lipinski definition) is 2. The molecule has 0 amide bonds. The van der Waals surface area contributed by atoms with Gasteiger partial charge in [0.1, 0.15) is 5.75 Å². The van der Waals surface area contributed by atoms with Crippen molar-refractivity contribution >= 4 is 0 Å². The van der Waals surface area contributed by atoms with Crippen LogP contribution in [-0.2, 0) is 11.2 Å². The first kappa shape index (κ1) is 17.3. The van der Waals surface area contributed by atoms with Gasteiger partial charge in [-0.2, -0.15) is 0 Å². The number of ether oxygens (including phenoxy) is 1. The molecule has 0 heterocycles. The molecule has 1 saturated carbocycles. The van der Waals surface area contributed by atoms with Crippen molar-refractivity contribution < 1.29 is 9.84 Å².